The summed E-state index contributed by atoms with van der Waals surface area (Å²) in [5.41, 5.74) is 0.370. The molecule has 1 rings (SSSR count). The van der Waals surface area contributed by atoms with Gasteiger partial charge in [-0.05, 0) is 17.8 Å². The molecule has 0 heterocycles. The Morgan fingerprint density at radius 1 is 1.08 bits per heavy atom. The van der Waals surface area contributed by atoms with Gasteiger partial charge in [0.1, 0.15) is 0 Å². The molecule has 0 aliphatic heterocycles. The van der Waals surface area contributed by atoms with Crippen LogP contribution >= 0.6 is 0 Å². The minimum Gasteiger partial charge on any atom is -0.0877 e. The van der Waals surface area contributed by atoms with E-state index in [0.717, 1.165) is 5.92 Å². The van der Waals surface area contributed by atoms with Crippen LogP contribution in [0.1, 0.15) is 59.3 Å². The minimum absolute atomic E-state index is 0.370. The van der Waals surface area contributed by atoms with E-state index in [1.165, 1.54) is 38.5 Å². The molecule has 0 aromatic rings. The van der Waals surface area contributed by atoms with Gasteiger partial charge >= 0.3 is 0 Å². The Hall–Kier alpha value is -0.260. The van der Waals surface area contributed by atoms with Crippen molar-refractivity contribution < 1.29 is 0 Å². The van der Waals surface area contributed by atoms with Gasteiger partial charge in [-0.15, -0.1) is 0 Å². The number of rotatable bonds is 2. The van der Waals surface area contributed by atoms with Gasteiger partial charge in [0.15, 0.2) is 0 Å². The maximum absolute atomic E-state index is 2.40. The normalized spacial score (nSPS) is 21.2. The monoisotopic (exact) mass is 180 g/mol. The molecule has 0 atom stereocenters. The fourth-order valence-electron chi connectivity index (χ4n) is 2.04. The second-order valence-electron chi connectivity index (χ2n) is 5.51. The Kier molecular flexibility index (Phi) is 4.02. The number of allylic oxidation sites excluding steroid dienone is 2. The molecule has 0 spiro atoms. The largest absolute Gasteiger partial charge is 0.0877 e. The molecule has 0 radical (unpaired) electrons. The average Bonchev–Trinajstić information content (AvgIpc) is 2.04. The molecule has 1 aliphatic carbocycles. The molecule has 1 fully saturated rings. The van der Waals surface area contributed by atoms with E-state index in [4.69, 9.17) is 0 Å². The van der Waals surface area contributed by atoms with Gasteiger partial charge in [-0.3, -0.25) is 0 Å². The van der Waals surface area contributed by atoms with Crippen LogP contribution in [0.3, 0.4) is 0 Å². The molecule has 0 nitrogen and oxygen atoms in total. The lowest BCUT2D eigenvalue weighted by Gasteiger charge is -2.20. The van der Waals surface area contributed by atoms with Crippen molar-refractivity contribution in [3.63, 3.8) is 0 Å². The molecule has 1 aliphatic rings. The van der Waals surface area contributed by atoms with Crippen LogP contribution in [0.2, 0.25) is 0 Å². The second-order valence-corrected chi connectivity index (χ2v) is 5.51. The van der Waals surface area contributed by atoms with Crippen LogP contribution in [0.5, 0.6) is 0 Å². The van der Waals surface area contributed by atoms with Gasteiger partial charge in [0.05, 0.1) is 0 Å². The molecule has 13 heavy (non-hydrogen) atoms. The predicted octanol–water partition coefficient (Wildman–Crippen LogP) is 4.56. The average molecular weight is 180 g/mol. The Balaban J connectivity index is 2.21. The van der Waals surface area contributed by atoms with Gasteiger partial charge in [-0.25, -0.2) is 0 Å². The maximum atomic E-state index is 2.40. The van der Waals surface area contributed by atoms with E-state index in [1.807, 2.05) is 0 Å². The highest BCUT2D eigenvalue weighted by Gasteiger charge is 2.11. The third kappa shape index (κ3) is 5.13. The first-order chi connectivity index (χ1) is 6.08. The highest BCUT2D eigenvalue weighted by atomic mass is 14.2. The number of hydrogen-bond acceptors (Lipinski definition) is 0. The molecular weight excluding hydrogens is 156 g/mol. The minimum atomic E-state index is 0.370. The van der Waals surface area contributed by atoms with Crippen molar-refractivity contribution in [1.29, 1.82) is 0 Å². The third-order valence-electron chi connectivity index (χ3n) is 2.81. The third-order valence-corrected chi connectivity index (χ3v) is 2.81. The van der Waals surface area contributed by atoms with E-state index in [-0.39, 0.29) is 0 Å². The Morgan fingerprint density at radius 2 is 1.69 bits per heavy atom. The van der Waals surface area contributed by atoms with Crippen LogP contribution in [0, 0.1) is 11.3 Å². The van der Waals surface area contributed by atoms with E-state index in [2.05, 4.69) is 32.9 Å². The summed E-state index contributed by atoms with van der Waals surface area (Å²) < 4.78 is 0. The van der Waals surface area contributed by atoms with Crippen LogP contribution in [0.4, 0.5) is 0 Å². The van der Waals surface area contributed by atoms with Crippen molar-refractivity contribution in [1.82, 2.24) is 0 Å². The summed E-state index contributed by atoms with van der Waals surface area (Å²) >= 11 is 0. The summed E-state index contributed by atoms with van der Waals surface area (Å²) in [6.07, 6.45) is 13.4. The molecule has 0 bridgehead atoms. The van der Waals surface area contributed by atoms with Crippen LogP contribution in [-0.2, 0) is 0 Å². The Bertz CT molecular complexity index is 153. The fourth-order valence-corrected chi connectivity index (χ4v) is 2.04. The molecule has 0 aromatic heterocycles. The summed E-state index contributed by atoms with van der Waals surface area (Å²) in [6, 6.07) is 0. The standard InChI is InChI=1S/C13H24/c1-13(2,3)11-7-10-12-8-5-4-6-9-12/h7,11-12H,4-6,8-10H2,1-3H3/b11-7+. The lowest BCUT2D eigenvalue weighted by atomic mass is 9.86. The Labute approximate surface area is 83.4 Å². The SMILES string of the molecule is CC(C)(C)/C=C/CC1CCCCC1. The van der Waals surface area contributed by atoms with Gasteiger partial charge in [0.25, 0.3) is 0 Å². The van der Waals surface area contributed by atoms with Crippen molar-refractivity contribution in [2.45, 2.75) is 59.3 Å². The molecule has 0 amide bonds. The quantitative estimate of drug-likeness (QED) is 0.546. The van der Waals surface area contributed by atoms with E-state index in [9.17, 15) is 0 Å². The molecule has 0 N–H and O–H groups in total. The summed E-state index contributed by atoms with van der Waals surface area (Å²) in [4.78, 5) is 0. The van der Waals surface area contributed by atoms with Gasteiger partial charge in [-0.2, -0.15) is 0 Å². The number of hydrogen-bond donors (Lipinski definition) is 0. The molecule has 0 saturated heterocycles. The van der Waals surface area contributed by atoms with Gasteiger partial charge < -0.3 is 0 Å². The highest BCUT2D eigenvalue weighted by molar-refractivity contribution is 4.93. The molecule has 1 saturated carbocycles. The zero-order chi connectivity index (χ0) is 9.73. The summed E-state index contributed by atoms with van der Waals surface area (Å²) in [5.74, 6) is 0.993. The fraction of sp³-hybridized carbons (Fsp3) is 0.846. The lowest BCUT2D eigenvalue weighted by Crippen LogP contribution is -2.05. The lowest BCUT2D eigenvalue weighted by molar-refractivity contribution is 0.360. The zero-order valence-corrected chi connectivity index (χ0v) is 9.47. The highest BCUT2D eigenvalue weighted by Crippen LogP contribution is 2.27. The van der Waals surface area contributed by atoms with Gasteiger partial charge in [0.2, 0.25) is 0 Å². The van der Waals surface area contributed by atoms with Crippen molar-refractivity contribution in [2.24, 2.45) is 11.3 Å². The summed E-state index contributed by atoms with van der Waals surface area (Å²) in [7, 11) is 0. The van der Waals surface area contributed by atoms with Crippen molar-refractivity contribution in [3.05, 3.63) is 12.2 Å². The van der Waals surface area contributed by atoms with E-state index in [0.29, 0.717) is 5.41 Å². The summed E-state index contributed by atoms with van der Waals surface area (Å²) in [5, 5.41) is 0. The van der Waals surface area contributed by atoms with Crippen LogP contribution in [0.15, 0.2) is 12.2 Å². The van der Waals surface area contributed by atoms with Crippen LogP contribution in [-0.4, -0.2) is 0 Å². The van der Waals surface area contributed by atoms with Crippen molar-refractivity contribution in [2.75, 3.05) is 0 Å². The summed E-state index contributed by atoms with van der Waals surface area (Å²) in [6.45, 7) is 6.80. The predicted molar refractivity (Wildman–Crippen MR) is 59.8 cm³/mol. The van der Waals surface area contributed by atoms with Gasteiger partial charge in [0, 0.05) is 0 Å². The van der Waals surface area contributed by atoms with Gasteiger partial charge in [-0.1, -0.05) is 65.0 Å². The first-order valence-electron chi connectivity index (χ1n) is 5.76. The molecular formula is C13H24. The van der Waals surface area contributed by atoms with Crippen molar-refractivity contribution in [3.8, 4) is 0 Å². The first-order valence-corrected chi connectivity index (χ1v) is 5.76. The molecule has 76 valence electrons. The molecule has 0 heteroatoms. The maximum Gasteiger partial charge on any atom is -0.0203 e. The molecule has 0 unspecified atom stereocenters. The molecule has 0 aromatic carbocycles. The smallest absolute Gasteiger partial charge is 0.0203 e. The van der Waals surface area contributed by atoms with Crippen LogP contribution < -0.4 is 0 Å². The zero-order valence-electron chi connectivity index (χ0n) is 9.47. The second kappa shape index (κ2) is 4.83. The first kappa shape index (κ1) is 10.8. The van der Waals surface area contributed by atoms with E-state index >= 15 is 0 Å². The van der Waals surface area contributed by atoms with E-state index in [1.54, 1.807) is 0 Å². The Morgan fingerprint density at radius 3 is 2.23 bits per heavy atom. The van der Waals surface area contributed by atoms with E-state index < -0.39 is 0 Å². The van der Waals surface area contributed by atoms with Crippen LogP contribution in [0.25, 0.3) is 0 Å². The topological polar surface area (TPSA) is 0 Å². The van der Waals surface area contributed by atoms with Crippen molar-refractivity contribution >= 4 is 0 Å².